The van der Waals surface area contributed by atoms with Crippen LogP contribution >= 0.6 is 45.3 Å². The van der Waals surface area contributed by atoms with Crippen LogP contribution in [-0.2, 0) is 11.3 Å². The number of amides is 4. The summed E-state index contributed by atoms with van der Waals surface area (Å²) < 4.78 is 12.3. The lowest BCUT2D eigenvalue weighted by Crippen LogP contribution is -2.48. The number of hydrogen-bond acceptors (Lipinski definition) is 25. The molecule has 29 nitrogen and oxygen atoms in total. The number of likely N-dealkylation sites (N-methyl/N-ethyl adjacent to an activating group) is 5. The molecule has 2 saturated heterocycles. The van der Waals surface area contributed by atoms with E-state index in [0.29, 0.717) is 71.1 Å². The van der Waals surface area contributed by atoms with Gasteiger partial charge in [-0.3, -0.25) is 24.1 Å². The quantitative estimate of drug-likeness (QED) is 0.0390. The molecule has 12 aromatic heterocycles. The van der Waals surface area contributed by atoms with E-state index in [1.807, 2.05) is 113 Å². The van der Waals surface area contributed by atoms with Crippen molar-refractivity contribution in [3.8, 4) is 66.1 Å². The predicted molar refractivity (Wildman–Crippen MR) is 478 cm³/mol. The molecule has 0 atom stereocenters. The summed E-state index contributed by atoms with van der Waals surface area (Å²) in [6.45, 7) is 35.1. The number of carbonyl (C=O) groups excluding carboxylic acids is 4. The number of piperazine rings is 2. The molecule has 0 N–H and O–H groups in total. The Bertz CT molecular complexity index is 5300. The molecular weight excluding hydrogens is 1600 g/mol. The van der Waals surface area contributed by atoms with E-state index in [1.165, 1.54) is 12.8 Å². The highest BCUT2D eigenvalue weighted by Crippen LogP contribution is 2.44. The van der Waals surface area contributed by atoms with Crippen LogP contribution in [0.15, 0.2) is 138 Å². The third-order valence-corrected chi connectivity index (χ3v) is 25.8. The van der Waals surface area contributed by atoms with Gasteiger partial charge in [-0.15, -0.1) is 45.3 Å². The number of methoxy groups -OCH3 is 1. The van der Waals surface area contributed by atoms with E-state index in [0.717, 1.165) is 201 Å². The maximum atomic E-state index is 13.4. The number of hydrogen-bond donors (Lipinski definition) is 0. The summed E-state index contributed by atoms with van der Waals surface area (Å²) in [6, 6.07) is 21.9. The van der Waals surface area contributed by atoms with Gasteiger partial charge in [0.15, 0.2) is 0 Å². The van der Waals surface area contributed by atoms with Gasteiger partial charge in [0.25, 0.3) is 47.4 Å². The van der Waals surface area contributed by atoms with Gasteiger partial charge in [0.1, 0.15) is 0 Å². The lowest BCUT2D eigenvalue weighted by molar-refractivity contribution is 0.0630. The van der Waals surface area contributed by atoms with E-state index in [2.05, 4.69) is 121 Å². The average molecular weight is 1710 g/mol. The minimum absolute atomic E-state index is 0.0217. The second-order valence-electron chi connectivity index (χ2n) is 30.7. The molecule has 2 saturated carbocycles. The zero-order valence-corrected chi connectivity index (χ0v) is 74.9. The summed E-state index contributed by atoms with van der Waals surface area (Å²) in [6.07, 6.45) is 20.5. The molecule has 638 valence electrons. The molecule has 0 bridgehead atoms. The van der Waals surface area contributed by atoms with Gasteiger partial charge in [0, 0.05) is 136 Å². The molecular formula is C88H112N24O5S4. The molecule has 33 heteroatoms. The fraction of sp³-hybridized carbons (Fsp3) is 0.455. The maximum absolute atomic E-state index is 13.4. The summed E-state index contributed by atoms with van der Waals surface area (Å²) in [5.41, 5.74) is 10.4. The summed E-state index contributed by atoms with van der Waals surface area (Å²) in [7, 11) is 5.26. The topological polar surface area (TPSA) is 278 Å². The number of aryl methyl sites for hydroxylation is 1. The van der Waals surface area contributed by atoms with Crippen molar-refractivity contribution in [2.24, 2.45) is 0 Å². The predicted octanol–water partition coefficient (Wildman–Crippen LogP) is 14.1. The van der Waals surface area contributed by atoms with Crippen molar-refractivity contribution in [3.05, 3.63) is 188 Å². The Labute approximate surface area is 725 Å². The molecule has 4 amide bonds. The standard InChI is InChI=1S/C23H28N6OS.C22H30N6O2S.C22H30N6OS.C21H24N6OS/c1-2-3-10-27-11-13-28(14-12-27)22(30)18-16-25-29(21(18)17-6-7-17)23-24-9-8-19(26-23)20-5-4-15-31-20;1-6-27(7-2)11-10-26(4)21(29)17-14-24-28(18(17)15-30-5)22-23-13-16(3)20(25-22)19-9-8-12-31-19;1-6-27(7-2)13-12-26(5)21(29)17-15-24-28(20(17)16(3)4)22-23-11-10-18(25-22)19-9-8-14-30-19;1-2-25-9-11-26(12-10-25)20(28)16-14-23-27(19(16)15-5-6-15)21-22-8-7-17(24-21)18-4-3-13-29-18/h4-5,8-9,15-17H,2-3,6-7,10-14H2,1H3;8-9,12-14H,6-7,10-11,15H2,1-5H3;8-11,14-16H,6-7,12-13H2,1-5H3;3-4,7-8,13-15H,2,5-6,9-12H2,1H3. The Balaban J connectivity index is 0.000000139. The Kier molecular flexibility index (Phi) is 31.0. The van der Waals surface area contributed by atoms with Crippen molar-refractivity contribution in [1.29, 1.82) is 0 Å². The molecule has 4 aliphatic rings. The van der Waals surface area contributed by atoms with Crippen molar-refractivity contribution in [2.75, 3.05) is 139 Å². The van der Waals surface area contributed by atoms with Gasteiger partial charge in [-0.05, 0) is 154 Å². The highest BCUT2D eigenvalue weighted by molar-refractivity contribution is 7.14. The number of aromatic nitrogens is 16. The SMILES string of the molecule is CCCCN1CCN(C(=O)c2cnn(-c3nccc(-c4cccs4)n3)c2C2CC2)CC1.CCN(CC)CCN(C)C(=O)c1cnn(-c2ncc(C)c(-c3cccs3)n2)c1COC.CCN(CC)CCN(C)C(=O)c1cnn(-c2nccc(-c3cccs3)n2)c1C(C)C.CCN1CCN(C(=O)c2cnn(-c3nccc(-c4cccs4)n3)c2C2CC2)CC1. The molecule has 2 aliphatic heterocycles. The van der Waals surface area contributed by atoms with Gasteiger partial charge in [0.2, 0.25) is 0 Å². The third-order valence-electron chi connectivity index (χ3n) is 22.3. The highest BCUT2D eigenvalue weighted by atomic mass is 32.1. The van der Waals surface area contributed by atoms with E-state index in [9.17, 15) is 19.2 Å². The van der Waals surface area contributed by atoms with Crippen LogP contribution in [0.5, 0.6) is 0 Å². The molecule has 0 spiro atoms. The first-order valence-electron chi connectivity index (χ1n) is 42.2. The lowest BCUT2D eigenvalue weighted by Gasteiger charge is -2.34. The summed E-state index contributed by atoms with van der Waals surface area (Å²) >= 11 is 6.56. The van der Waals surface area contributed by atoms with Gasteiger partial charge in [0.05, 0.1) is 119 Å². The number of thiophene rings is 4. The number of rotatable bonds is 31. The number of nitrogens with zero attached hydrogens (tertiary/aromatic N) is 24. The van der Waals surface area contributed by atoms with Gasteiger partial charge in [-0.2, -0.15) is 25.1 Å². The second-order valence-corrected chi connectivity index (χ2v) is 34.5. The Morgan fingerprint density at radius 2 is 0.876 bits per heavy atom. The van der Waals surface area contributed by atoms with Crippen LogP contribution < -0.4 is 0 Å². The van der Waals surface area contributed by atoms with Gasteiger partial charge >= 0.3 is 0 Å². The van der Waals surface area contributed by atoms with Crippen molar-refractivity contribution in [3.63, 3.8) is 0 Å². The van der Waals surface area contributed by atoms with E-state index in [1.54, 1.807) is 131 Å². The minimum Gasteiger partial charge on any atom is -0.378 e. The molecule has 2 aliphatic carbocycles. The van der Waals surface area contributed by atoms with Crippen LogP contribution in [0.4, 0.5) is 0 Å². The highest BCUT2D eigenvalue weighted by Gasteiger charge is 2.38. The van der Waals surface area contributed by atoms with Crippen molar-refractivity contribution < 1.29 is 23.9 Å². The van der Waals surface area contributed by atoms with Crippen LogP contribution in [0.1, 0.15) is 181 Å². The third kappa shape index (κ3) is 21.8. The van der Waals surface area contributed by atoms with Crippen LogP contribution in [-0.4, -0.2) is 281 Å². The first kappa shape index (κ1) is 88.4. The molecule has 4 fully saturated rings. The number of ether oxygens (including phenoxy) is 1. The van der Waals surface area contributed by atoms with E-state index >= 15 is 0 Å². The fourth-order valence-electron chi connectivity index (χ4n) is 14.8. The van der Waals surface area contributed by atoms with E-state index in [-0.39, 0.29) is 36.2 Å². The van der Waals surface area contributed by atoms with Crippen molar-refractivity contribution in [2.45, 2.75) is 125 Å². The Hall–Kier alpha value is -10.4. The summed E-state index contributed by atoms with van der Waals surface area (Å²) in [4.78, 5) is 111. The smallest absolute Gasteiger partial charge is 0.257 e. The molecule has 12 aromatic rings. The Morgan fingerprint density at radius 3 is 1.29 bits per heavy atom. The van der Waals surface area contributed by atoms with Crippen LogP contribution in [0.3, 0.4) is 0 Å². The lowest BCUT2D eigenvalue weighted by atomic mass is 10.1. The maximum Gasteiger partial charge on any atom is 0.257 e. The zero-order chi connectivity index (χ0) is 85.1. The van der Waals surface area contributed by atoms with E-state index < -0.39 is 0 Å². The summed E-state index contributed by atoms with van der Waals surface area (Å²) in [5.74, 6) is 2.87. The van der Waals surface area contributed by atoms with Crippen molar-refractivity contribution >= 4 is 69.0 Å². The van der Waals surface area contributed by atoms with Gasteiger partial charge in [-0.25, -0.2) is 53.9 Å². The zero-order valence-electron chi connectivity index (χ0n) is 71.6. The molecule has 0 radical (unpaired) electrons. The molecule has 0 aromatic carbocycles. The molecule has 16 rings (SSSR count). The largest absolute Gasteiger partial charge is 0.378 e. The normalized spacial score (nSPS) is 14.4. The Morgan fingerprint density at radius 1 is 0.471 bits per heavy atom. The first-order valence-corrected chi connectivity index (χ1v) is 45.7. The van der Waals surface area contributed by atoms with Crippen molar-refractivity contribution in [1.82, 2.24) is 118 Å². The van der Waals surface area contributed by atoms with Crippen LogP contribution in [0.25, 0.3) is 66.1 Å². The fourth-order valence-corrected chi connectivity index (χ4v) is 17.6. The van der Waals surface area contributed by atoms with Crippen LogP contribution in [0, 0.1) is 6.92 Å². The number of unbranched alkanes of at least 4 members (excludes halogenated alkanes) is 1. The molecule has 121 heavy (non-hydrogen) atoms. The van der Waals surface area contributed by atoms with Gasteiger partial charge < -0.3 is 39.0 Å². The number of carbonyl (C=O) groups is 4. The molecule has 0 unspecified atom stereocenters. The average Bonchev–Trinajstić information content (AvgIpc) is 1.62. The van der Waals surface area contributed by atoms with E-state index in [4.69, 9.17) is 24.7 Å². The molecule has 14 heterocycles. The first-order chi connectivity index (χ1) is 58.9. The minimum atomic E-state index is -0.0870. The summed E-state index contributed by atoms with van der Waals surface area (Å²) in [5, 5.41) is 26.2. The second kappa shape index (κ2) is 42.4. The van der Waals surface area contributed by atoms with Gasteiger partial charge in [-0.1, -0.05) is 86.1 Å². The van der Waals surface area contributed by atoms with Crippen LogP contribution in [0.2, 0.25) is 0 Å². The monoisotopic (exact) mass is 1710 g/mol.